The quantitative estimate of drug-likeness (QED) is 0.514. The molecule has 1 fully saturated rings. The van der Waals surface area contributed by atoms with Crippen molar-refractivity contribution >= 4 is 28.3 Å². The van der Waals surface area contributed by atoms with Crippen LogP contribution in [0.2, 0.25) is 0 Å². The second kappa shape index (κ2) is 10.5. The highest BCUT2D eigenvalue weighted by atomic mass is 32.1. The maximum atomic E-state index is 12.9. The largest absolute Gasteiger partial charge is 0.342 e. The van der Waals surface area contributed by atoms with Gasteiger partial charge in [-0.05, 0) is 37.8 Å². The number of aromatic nitrogens is 2. The van der Waals surface area contributed by atoms with Crippen molar-refractivity contribution in [2.24, 2.45) is 5.92 Å². The van der Waals surface area contributed by atoms with E-state index in [9.17, 15) is 9.59 Å². The summed E-state index contributed by atoms with van der Waals surface area (Å²) in [6.45, 7) is 3.07. The van der Waals surface area contributed by atoms with Crippen LogP contribution in [0.5, 0.6) is 0 Å². The van der Waals surface area contributed by atoms with Crippen LogP contribution < -0.4 is 5.32 Å². The van der Waals surface area contributed by atoms with Crippen molar-refractivity contribution in [2.75, 3.05) is 18.4 Å². The smallest absolute Gasteiger partial charge is 0.227 e. The molecule has 0 atom stereocenters. The van der Waals surface area contributed by atoms with Crippen molar-refractivity contribution in [1.29, 1.82) is 0 Å². The summed E-state index contributed by atoms with van der Waals surface area (Å²) in [5.74, 6) is 0.148. The minimum absolute atomic E-state index is 0.119. The normalized spacial score (nSPS) is 13.4. The predicted molar refractivity (Wildman–Crippen MR) is 127 cm³/mol. The van der Waals surface area contributed by atoms with Crippen LogP contribution >= 0.6 is 11.3 Å². The van der Waals surface area contributed by atoms with Crippen molar-refractivity contribution in [3.63, 3.8) is 0 Å². The molecule has 0 radical (unpaired) electrons. The monoisotopic (exact) mass is 448 g/mol. The summed E-state index contributed by atoms with van der Waals surface area (Å²) in [5, 5.41) is 12.4. The molecule has 6 nitrogen and oxygen atoms in total. The van der Waals surface area contributed by atoms with E-state index in [2.05, 4.69) is 27.6 Å². The minimum Gasteiger partial charge on any atom is -0.342 e. The summed E-state index contributed by atoms with van der Waals surface area (Å²) >= 11 is 1.35. The summed E-state index contributed by atoms with van der Waals surface area (Å²) in [7, 11) is 0. The molecule has 0 aliphatic heterocycles. The molecule has 4 rings (SSSR count). The molecule has 1 saturated carbocycles. The number of carbonyl (C=O) groups is 2. The van der Waals surface area contributed by atoms with Gasteiger partial charge in [0.1, 0.15) is 5.01 Å². The number of benzene rings is 2. The molecule has 2 aromatic carbocycles. The van der Waals surface area contributed by atoms with Gasteiger partial charge in [-0.3, -0.25) is 9.59 Å². The van der Waals surface area contributed by atoms with E-state index in [1.807, 2.05) is 54.3 Å². The van der Waals surface area contributed by atoms with Gasteiger partial charge >= 0.3 is 0 Å². The number of nitrogens with one attached hydrogen (secondary N) is 1. The van der Waals surface area contributed by atoms with E-state index < -0.39 is 0 Å². The number of rotatable bonds is 9. The zero-order valence-corrected chi connectivity index (χ0v) is 19.1. The van der Waals surface area contributed by atoms with E-state index in [-0.39, 0.29) is 24.2 Å². The molecule has 2 amide bonds. The second-order valence-corrected chi connectivity index (χ2v) is 9.25. The van der Waals surface area contributed by atoms with Crippen LogP contribution in [0.15, 0.2) is 54.6 Å². The zero-order chi connectivity index (χ0) is 22.3. The molecule has 1 aliphatic rings. The van der Waals surface area contributed by atoms with Gasteiger partial charge in [-0.2, -0.15) is 0 Å². The van der Waals surface area contributed by atoms with Gasteiger partial charge in [-0.25, -0.2) is 0 Å². The third kappa shape index (κ3) is 5.79. The summed E-state index contributed by atoms with van der Waals surface area (Å²) in [5.41, 5.74) is 3.33. The Morgan fingerprint density at radius 1 is 1.06 bits per heavy atom. The molecule has 0 unspecified atom stereocenters. The van der Waals surface area contributed by atoms with E-state index in [0.29, 0.717) is 18.2 Å². The lowest BCUT2D eigenvalue weighted by atomic mass is 9.84. The number of hydrogen-bond acceptors (Lipinski definition) is 5. The summed E-state index contributed by atoms with van der Waals surface area (Å²) in [4.78, 5) is 27.3. The first-order valence-electron chi connectivity index (χ1n) is 11.1. The van der Waals surface area contributed by atoms with E-state index in [1.165, 1.54) is 16.9 Å². The third-order valence-electron chi connectivity index (χ3n) is 5.82. The Morgan fingerprint density at radius 2 is 1.88 bits per heavy atom. The van der Waals surface area contributed by atoms with Crippen LogP contribution in [0.3, 0.4) is 0 Å². The molecule has 0 bridgehead atoms. The lowest BCUT2D eigenvalue weighted by molar-refractivity contribution is -0.138. The van der Waals surface area contributed by atoms with Crippen LogP contribution in [-0.2, 0) is 16.0 Å². The van der Waals surface area contributed by atoms with Gasteiger partial charge < -0.3 is 10.2 Å². The molecule has 7 heteroatoms. The predicted octanol–water partition coefficient (Wildman–Crippen LogP) is 4.71. The molecule has 1 aromatic heterocycles. The van der Waals surface area contributed by atoms with E-state index in [0.717, 1.165) is 41.8 Å². The lowest BCUT2D eigenvalue weighted by Gasteiger charge is -2.31. The maximum Gasteiger partial charge on any atom is 0.227 e. The highest BCUT2D eigenvalue weighted by Crippen LogP contribution is 2.29. The Bertz CT molecular complexity index is 1060. The van der Waals surface area contributed by atoms with Crippen molar-refractivity contribution in [3.05, 3.63) is 65.7 Å². The van der Waals surface area contributed by atoms with E-state index in [1.54, 1.807) is 0 Å². The Kier molecular flexibility index (Phi) is 7.27. The van der Waals surface area contributed by atoms with E-state index in [4.69, 9.17) is 0 Å². The van der Waals surface area contributed by atoms with Crippen molar-refractivity contribution in [1.82, 2.24) is 15.1 Å². The van der Waals surface area contributed by atoms with Gasteiger partial charge in [0.25, 0.3) is 0 Å². The Hall–Kier alpha value is -3.06. The van der Waals surface area contributed by atoms with Gasteiger partial charge in [0.05, 0.1) is 0 Å². The summed E-state index contributed by atoms with van der Waals surface area (Å²) < 4.78 is 0. The van der Waals surface area contributed by atoms with Crippen LogP contribution in [0, 0.1) is 12.8 Å². The van der Waals surface area contributed by atoms with Crippen LogP contribution in [0.1, 0.15) is 36.8 Å². The van der Waals surface area contributed by atoms with Crippen LogP contribution in [0.25, 0.3) is 10.6 Å². The first kappa shape index (κ1) is 22.1. The Morgan fingerprint density at radius 3 is 2.59 bits per heavy atom. The number of carbonyl (C=O) groups excluding carboxylic acids is 2. The summed E-state index contributed by atoms with van der Waals surface area (Å²) in [6.07, 6.45) is 4.06. The molecule has 0 saturated heterocycles. The molecule has 1 heterocycles. The van der Waals surface area contributed by atoms with Crippen molar-refractivity contribution < 1.29 is 9.59 Å². The van der Waals surface area contributed by atoms with Gasteiger partial charge in [-0.1, -0.05) is 71.9 Å². The average Bonchev–Trinajstić information content (AvgIpc) is 3.21. The average molecular weight is 449 g/mol. The molecule has 0 spiro atoms. The standard InChI is InChI=1S/C25H28N4O2S/c1-18-7-5-12-21(17-18)23-27-28-25(32-23)26-22(30)14-16-29(24(31)20-10-6-11-20)15-13-19-8-3-2-4-9-19/h2-5,7-9,12,17,20H,6,10-11,13-16H2,1H3,(H,26,28,30). The first-order valence-corrected chi connectivity index (χ1v) is 11.9. The highest BCUT2D eigenvalue weighted by molar-refractivity contribution is 7.18. The van der Waals surface area contributed by atoms with Crippen molar-refractivity contribution in [3.8, 4) is 10.6 Å². The van der Waals surface area contributed by atoms with Gasteiger partial charge in [0.2, 0.25) is 16.9 Å². The maximum absolute atomic E-state index is 12.9. The molecule has 3 aromatic rings. The zero-order valence-electron chi connectivity index (χ0n) is 18.3. The molecule has 32 heavy (non-hydrogen) atoms. The number of aryl methyl sites for hydroxylation is 1. The SMILES string of the molecule is Cc1cccc(-c2nnc(NC(=O)CCN(CCc3ccccc3)C(=O)C3CCC3)s2)c1. The van der Waals surface area contributed by atoms with Crippen LogP contribution in [0.4, 0.5) is 5.13 Å². The van der Waals surface area contributed by atoms with Crippen molar-refractivity contribution in [2.45, 2.75) is 39.0 Å². The molecule has 166 valence electrons. The van der Waals surface area contributed by atoms with Gasteiger partial charge in [0, 0.05) is 31.0 Å². The molecular weight excluding hydrogens is 420 g/mol. The first-order chi connectivity index (χ1) is 15.6. The Labute approximate surface area is 192 Å². The fourth-order valence-corrected chi connectivity index (χ4v) is 4.50. The fourth-order valence-electron chi connectivity index (χ4n) is 3.74. The fraction of sp³-hybridized carbons (Fsp3) is 0.360. The molecule has 1 aliphatic carbocycles. The number of anilines is 1. The number of amides is 2. The Balaban J connectivity index is 1.33. The number of nitrogens with zero attached hydrogens (tertiary/aromatic N) is 3. The van der Waals surface area contributed by atoms with Gasteiger partial charge in [-0.15, -0.1) is 10.2 Å². The molecular formula is C25H28N4O2S. The number of hydrogen-bond donors (Lipinski definition) is 1. The lowest BCUT2D eigenvalue weighted by Crippen LogP contribution is -2.41. The van der Waals surface area contributed by atoms with E-state index >= 15 is 0 Å². The third-order valence-corrected chi connectivity index (χ3v) is 6.71. The summed E-state index contributed by atoms with van der Waals surface area (Å²) in [6, 6.07) is 18.2. The second-order valence-electron chi connectivity index (χ2n) is 8.27. The minimum atomic E-state index is -0.150. The van der Waals surface area contributed by atoms with Gasteiger partial charge in [0.15, 0.2) is 0 Å². The topological polar surface area (TPSA) is 75.2 Å². The highest BCUT2D eigenvalue weighted by Gasteiger charge is 2.29. The van der Waals surface area contributed by atoms with Crippen LogP contribution in [-0.4, -0.2) is 40.0 Å². The molecule has 1 N–H and O–H groups in total.